The predicted molar refractivity (Wildman–Crippen MR) is 34.2 cm³/mol. The Bertz CT molecular complexity index is 180. The molecule has 1 rings (SSSR count). The maximum Gasteiger partial charge on any atom is 0.509 e. The summed E-state index contributed by atoms with van der Waals surface area (Å²) in [6.45, 7) is 2.23. The number of hydrogen-bond acceptors (Lipinski definition) is 3. The van der Waals surface area contributed by atoms with E-state index in [2.05, 4.69) is 15.4 Å². The van der Waals surface area contributed by atoms with Gasteiger partial charge in [-0.1, -0.05) is 12.8 Å². The average molecular weight is 140 g/mol. The highest BCUT2D eigenvalue weighted by Gasteiger charge is 2.26. The summed E-state index contributed by atoms with van der Waals surface area (Å²) in [6, 6.07) is 0. The van der Waals surface area contributed by atoms with Gasteiger partial charge in [-0.3, -0.25) is 0 Å². The first-order chi connectivity index (χ1) is 4.74. The second-order valence-electron chi connectivity index (χ2n) is 2.24. The summed E-state index contributed by atoms with van der Waals surface area (Å²) in [5.74, 6) is 2.46. The van der Waals surface area contributed by atoms with Gasteiger partial charge < -0.3 is 9.47 Å². The molecule has 0 aliphatic carbocycles. The second kappa shape index (κ2) is 2.61. The van der Waals surface area contributed by atoms with Crippen LogP contribution in [-0.2, 0) is 9.47 Å². The van der Waals surface area contributed by atoms with Crippen LogP contribution in [-0.4, -0.2) is 18.9 Å². The standard InChI is InChI=1S/C7H8O3/c1-3-6-5(2)4-9-7(8)10-6/h1,5-6H,4H2,2H3. The quantitative estimate of drug-likeness (QED) is 0.368. The number of carbonyl (C=O) groups excluding carboxylic acids is 1. The van der Waals surface area contributed by atoms with Crippen molar-refractivity contribution in [2.24, 2.45) is 5.92 Å². The first-order valence-electron chi connectivity index (χ1n) is 3.03. The third kappa shape index (κ3) is 1.21. The molecule has 1 saturated heterocycles. The molecule has 0 aromatic carbocycles. The van der Waals surface area contributed by atoms with Crippen molar-refractivity contribution in [2.45, 2.75) is 13.0 Å². The summed E-state index contributed by atoms with van der Waals surface area (Å²) >= 11 is 0. The van der Waals surface area contributed by atoms with Gasteiger partial charge in [0.2, 0.25) is 0 Å². The highest BCUT2D eigenvalue weighted by Crippen LogP contribution is 2.13. The summed E-state index contributed by atoms with van der Waals surface area (Å²) in [4.78, 5) is 10.4. The van der Waals surface area contributed by atoms with Crippen LogP contribution < -0.4 is 0 Å². The fraction of sp³-hybridized carbons (Fsp3) is 0.571. The third-order valence-electron chi connectivity index (χ3n) is 1.37. The Morgan fingerprint density at radius 3 is 3.00 bits per heavy atom. The van der Waals surface area contributed by atoms with E-state index in [-0.39, 0.29) is 5.92 Å². The van der Waals surface area contributed by atoms with Crippen molar-refractivity contribution >= 4 is 6.16 Å². The van der Waals surface area contributed by atoms with Crippen molar-refractivity contribution in [3.05, 3.63) is 0 Å². The minimum atomic E-state index is -0.666. The van der Waals surface area contributed by atoms with Crippen molar-refractivity contribution < 1.29 is 14.3 Å². The van der Waals surface area contributed by atoms with Gasteiger partial charge in [0.1, 0.15) is 6.61 Å². The largest absolute Gasteiger partial charge is 0.509 e. The van der Waals surface area contributed by atoms with Crippen LogP contribution in [0.25, 0.3) is 0 Å². The summed E-state index contributed by atoms with van der Waals surface area (Å²) < 4.78 is 9.22. The Morgan fingerprint density at radius 1 is 1.80 bits per heavy atom. The summed E-state index contributed by atoms with van der Waals surface area (Å²) in [7, 11) is 0. The van der Waals surface area contributed by atoms with Crippen LogP contribution in [0.2, 0.25) is 0 Å². The Morgan fingerprint density at radius 2 is 2.50 bits per heavy atom. The van der Waals surface area contributed by atoms with Crippen LogP contribution in [0.5, 0.6) is 0 Å². The lowest BCUT2D eigenvalue weighted by atomic mass is 10.1. The van der Waals surface area contributed by atoms with Crippen molar-refractivity contribution in [1.82, 2.24) is 0 Å². The van der Waals surface area contributed by atoms with Gasteiger partial charge in [0.25, 0.3) is 0 Å². The lowest BCUT2D eigenvalue weighted by Gasteiger charge is -2.23. The fourth-order valence-corrected chi connectivity index (χ4v) is 0.739. The maximum absolute atomic E-state index is 10.4. The number of cyclic esters (lactones) is 2. The zero-order valence-corrected chi connectivity index (χ0v) is 5.66. The van der Waals surface area contributed by atoms with Gasteiger partial charge in [-0.15, -0.1) is 6.42 Å². The van der Waals surface area contributed by atoms with Gasteiger partial charge in [0.15, 0.2) is 6.10 Å². The van der Waals surface area contributed by atoms with Crippen LogP contribution in [0.15, 0.2) is 0 Å². The molecule has 2 atom stereocenters. The van der Waals surface area contributed by atoms with E-state index >= 15 is 0 Å². The van der Waals surface area contributed by atoms with Crippen LogP contribution in [0.3, 0.4) is 0 Å². The number of carbonyl (C=O) groups is 1. The van der Waals surface area contributed by atoms with Crippen LogP contribution in [0.4, 0.5) is 4.79 Å². The molecule has 1 heterocycles. The lowest BCUT2D eigenvalue weighted by molar-refractivity contribution is -0.0318. The molecule has 0 radical (unpaired) electrons. The van der Waals surface area contributed by atoms with E-state index in [9.17, 15) is 4.79 Å². The van der Waals surface area contributed by atoms with Gasteiger partial charge in [0, 0.05) is 5.92 Å². The zero-order valence-electron chi connectivity index (χ0n) is 5.66. The van der Waals surface area contributed by atoms with Crippen molar-refractivity contribution in [3.63, 3.8) is 0 Å². The van der Waals surface area contributed by atoms with Crippen LogP contribution in [0.1, 0.15) is 6.92 Å². The number of rotatable bonds is 0. The Labute approximate surface area is 59.3 Å². The van der Waals surface area contributed by atoms with E-state index in [0.29, 0.717) is 6.61 Å². The molecule has 3 heteroatoms. The molecule has 3 nitrogen and oxygen atoms in total. The highest BCUT2D eigenvalue weighted by atomic mass is 16.7. The van der Waals surface area contributed by atoms with E-state index in [1.807, 2.05) is 6.92 Å². The number of ether oxygens (including phenoxy) is 2. The topological polar surface area (TPSA) is 35.5 Å². The average Bonchev–Trinajstić information content (AvgIpc) is 1.94. The molecular weight excluding hydrogens is 132 g/mol. The number of hydrogen-bond donors (Lipinski definition) is 0. The van der Waals surface area contributed by atoms with Gasteiger partial charge in [-0.2, -0.15) is 0 Å². The van der Waals surface area contributed by atoms with E-state index in [0.717, 1.165) is 0 Å². The molecule has 0 N–H and O–H groups in total. The van der Waals surface area contributed by atoms with Crippen molar-refractivity contribution in [1.29, 1.82) is 0 Å². The fourth-order valence-electron chi connectivity index (χ4n) is 0.739. The van der Waals surface area contributed by atoms with E-state index in [4.69, 9.17) is 6.42 Å². The van der Waals surface area contributed by atoms with Gasteiger partial charge >= 0.3 is 6.16 Å². The molecule has 0 aromatic rings. The molecule has 0 aromatic heterocycles. The van der Waals surface area contributed by atoms with Gasteiger partial charge in [-0.05, 0) is 0 Å². The maximum atomic E-state index is 10.4. The minimum absolute atomic E-state index is 0.0997. The predicted octanol–water partition coefficient (Wildman–Crippen LogP) is 0.791. The van der Waals surface area contributed by atoms with E-state index < -0.39 is 12.3 Å². The smallest absolute Gasteiger partial charge is 0.434 e. The summed E-state index contributed by atoms with van der Waals surface area (Å²) in [6.07, 6.45) is 3.99. The van der Waals surface area contributed by atoms with E-state index in [1.165, 1.54) is 0 Å². The van der Waals surface area contributed by atoms with Crippen molar-refractivity contribution in [2.75, 3.05) is 6.61 Å². The normalized spacial score (nSPS) is 31.8. The van der Waals surface area contributed by atoms with E-state index in [1.54, 1.807) is 0 Å². The monoisotopic (exact) mass is 140 g/mol. The molecule has 0 amide bonds. The molecule has 0 spiro atoms. The zero-order chi connectivity index (χ0) is 7.56. The first-order valence-corrected chi connectivity index (χ1v) is 3.03. The molecule has 0 bridgehead atoms. The Balaban J connectivity index is 2.56. The summed E-state index contributed by atoms with van der Waals surface area (Å²) in [5.41, 5.74) is 0. The molecule has 1 aliphatic heterocycles. The van der Waals surface area contributed by atoms with Gasteiger partial charge in [0.05, 0.1) is 0 Å². The molecule has 1 aliphatic rings. The second-order valence-corrected chi connectivity index (χ2v) is 2.24. The molecular formula is C7H8O3. The summed E-state index contributed by atoms with van der Waals surface area (Å²) in [5, 5.41) is 0. The Kier molecular flexibility index (Phi) is 1.81. The SMILES string of the molecule is C#CC1OC(=O)OCC1C. The van der Waals surface area contributed by atoms with Crippen LogP contribution >= 0.6 is 0 Å². The first kappa shape index (κ1) is 6.94. The third-order valence-corrected chi connectivity index (χ3v) is 1.37. The molecule has 10 heavy (non-hydrogen) atoms. The number of terminal acetylenes is 1. The van der Waals surface area contributed by atoms with Crippen molar-refractivity contribution in [3.8, 4) is 12.3 Å². The Hall–Kier alpha value is -1.17. The minimum Gasteiger partial charge on any atom is -0.434 e. The molecule has 1 fully saturated rings. The van der Waals surface area contributed by atoms with Crippen LogP contribution in [0, 0.1) is 18.3 Å². The molecule has 2 unspecified atom stereocenters. The lowest BCUT2D eigenvalue weighted by Crippen LogP contribution is -2.33. The molecule has 0 saturated carbocycles. The van der Waals surface area contributed by atoms with Gasteiger partial charge in [-0.25, -0.2) is 4.79 Å². The highest BCUT2D eigenvalue weighted by molar-refractivity contribution is 5.61. The molecule has 54 valence electrons.